The van der Waals surface area contributed by atoms with Crippen molar-refractivity contribution >= 4 is 0 Å². The van der Waals surface area contributed by atoms with Crippen LogP contribution in [0.4, 0.5) is 17.6 Å². The molecule has 2 aromatic rings. The molecule has 1 nitrogen and oxygen atoms in total. The van der Waals surface area contributed by atoms with Gasteiger partial charge in [0, 0.05) is 23.6 Å². The van der Waals surface area contributed by atoms with Crippen LogP contribution in [-0.2, 0) is 24.7 Å². The van der Waals surface area contributed by atoms with Crippen molar-refractivity contribution < 1.29 is 17.6 Å². The molecule has 2 N–H and O–H groups in total. The van der Waals surface area contributed by atoms with Crippen LogP contribution in [0.5, 0.6) is 0 Å². The first-order chi connectivity index (χ1) is 11.8. The number of hydrogen-bond donors (Lipinski definition) is 1. The third-order valence-electron chi connectivity index (χ3n) is 5.11. The summed E-state index contributed by atoms with van der Waals surface area (Å²) in [7, 11) is 0. The zero-order chi connectivity index (χ0) is 18.4. The van der Waals surface area contributed by atoms with Crippen molar-refractivity contribution in [1.29, 1.82) is 0 Å². The van der Waals surface area contributed by atoms with E-state index < -0.39 is 28.9 Å². The molecule has 0 heterocycles. The van der Waals surface area contributed by atoms with Crippen molar-refractivity contribution in [3.05, 3.63) is 69.8 Å². The summed E-state index contributed by atoms with van der Waals surface area (Å²) in [5, 5.41) is 0. The van der Waals surface area contributed by atoms with E-state index in [2.05, 4.69) is 0 Å². The first kappa shape index (κ1) is 17.9. The van der Waals surface area contributed by atoms with Crippen LogP contribution in [0.3, 0.4) is 0 Å². The fourth-order valence-corrected chi connectivity index (χ4v) is 3.57. The van der Waals surface area contributed by atoms with Gasteiger partial charge in [0.25, 0.3) is 0 Å². The maximum absolute atomic E-state index is 14.9. The number of halogens is 4. The lowest BCUT2D eigenvalue weighted by Crippen LogP contribution is -2.35. The van der Waals surface area contributed by atoms with Crippen molar-refractivity contribution in [1.82, 2.24) is 0 Å². The Hall–Kier alpha value is -1.88. The minimum Gasteiger partial charge on any atom is -0.330 e. The van der Waals surface area contributed by atoms with Crippen LogP contribution in [0.15, 0.2) is 36.4 Å². The van der Waals surface area contributed by atoms with Crippen LogP contribution >= 0.6 is 0 Å². The molecule has 0 amide bonds. The molecule has 0 saturated heterocycles. The molecule has 0 atom stereocenters. The largest absolute Gasteiger partial charge is 0.340 e. The summed E-state index contributed by atoms with van der Waals surface area (Å²) in [6, 6.07) is 8.46. The molecule has 0 aliphatic heterocycles. The molecular weight excluding hydrogens is 330 g/mol. The smallest absolute Gasteiger partial charge is 0.330 e. The number of alkyl halides is 4. The van der Waals surface area contributed by atoms with E-state index in [1.165, 1.54) is 12.1 Å². The number of fused-ring (bicyclic) bond motifs is 2. The lowest BCUT2D eigenvalue weighted by atomic mass is 9.85. The van der Waals surface area contributed by atoms with Crippen LogP contribution in [0, 0.1) is 0 Å². The topological polar surface area (TPSA) is 26.0 Å². The lowest BCUT2D eigenvalue weighted by Gasteiger charge is -2.27. The summed E-state index contributed by atoms with van der Waals surface area (Å²) in [5.41, 5.74) is 6.69. The minimum absolute atomic E-state index is 0.00745. The second-order valence-corrected chi connectivity index (χ2v) is 6.49. The highest BCUT2D eigenvalue weighted by atomic mass is 19.3. The van der Waals surface area contributed by atoms with Gasteiger partial charge in [0.2, 0.25) is 0 Å². The average Bonchev–Trinajstić information content (AvgIpc) is 2.65. The SMILES string of the molecule is CCc1ccc2c(c1)C(CN)c1cc(CC)ccc1C(F)(F)C2(F)F. The van der Waals surface area contributed by atoms with E-state index in [9.17, 15) is 17.6 Å². The van der Waals surface area contributed by atoms with Crippen LogP contribution in [0.1, 0.15) is 53.1 Å². The number of hydrogen-bond acceptors (Lipinski definition) is 1. The Morgan fingerprint density at radius 3 is 1.52 bits per heavy atom. The zero-order valence-electron chi connectivity index (χ0n) is 14.3. The second-order valence-electron chi connectivity index (χ2n) is 6.49. The van der Waals surface area contributed by atoms with Crippen LogP contribution in [0.25, 0.3) is 0 Å². The summed E-state index contributed by atoms with van der Waals surface area (Å²) >= 11 is 0. The Labute approximate surface area is 144 Å². The number of aryl methyl sites for hydroxylation is 2. The van der Waals surface area contributed by atoms with Gasteiger partial charge in [-0.15, -0.1) is 0 Å². The molecule has 1 aliphatic rings. The van der Waals surface area contributed by atoms with Gasteiger partial charge in [-0.05, 0) is 35.1 Å². The summed E-state index contributed by atoms with van der Waals surface area (Å²) < 4.78 is 59.4. The highest BCUT2D eigenvalue weighted by Crippen LogP contribution is 2.56. The molecule has 134 valence electrons. The number of nitrogens with two attached hydrogens (primary N) is 1. The fourth-order valence-electron chi connectivity index (χ4n) is 3.57. The Bertz CT molecular complexity index is 733. The molecule has 0 radical (unpaired) electrons. The predicted molar refractivity (Wildman–Crippen MR) is 90.3 cm³/mol. The van der Waals surface area contributed by atoms with Crippen molar-refractivity contribution in [2.45, 2.75) is 44.5 Å². The molecule has 2 aromatic carbocycles. The van der Waals surface area contributed by atoms with E-state index in [0.717, 1.165) is 23.3 Å². The number of benzene rings is 2. The molecule has 0 bridgehead atoms. The summed E-state index contributed by atoms with van der Waals surface area (Å²) in [6.45, 7) is 3.78. The normalized spacial score (nSPS) is 18.4. The highest BCUT2D eigenvalue weighted by Gasteiger charge is 2.62. The average molecular weight is 351 g/mol. The van der Waals surface area contributed by atoms with Gasteiger partial charge in [-0.2, -0.15) is 17.6 Å². The first-order valence-electron chi connectivity index (χ1n) is 8.50. The molecule has 5 heteroatoms. The summed E-state index contributed by atoms with van der Waals surface area (Å²) in [4.78, 5) is 0. The van der Waals surface area contributed by atoms with Gasteiger partial charge in [-0.3, -0.25) is 0 Å². The van der Waals surface area contributed by atoms with E-state index in [0.29, 0.717) is 12.8 Å². The maximum atomic E-state index is 14.9. The molecule has 0 fully saturated rings. The quantitative estimate of drug-likeness (QED) is 0.765. The standard InChI is InChI=1S/C20H21F4N/c1-3-12-5-7-17-14(9-12)16(11-25)15-10-13(4-2)6-8-18(15)20(23,24)19(17,21)22/h5-10,16H,3-4,11,25H2,1-2H3. The molecule has 0 aromatic heterocycles. The van der Waals surface area contributed by atoms with Crippen LogP contribution in [0.2, 0.25) is 0 Å². The van der Waals surface area contributed by atoms with E-state index in [1.54, 1.807) is 12.1 Å². The Morgan fingerprint density at radius 1 is 0.800 bits per heavy atom. The van der Waals surface area contributed by atoms with Crippen LogP contribution in [-0.4, -0.2) is 6.54 Å². The van der Waals surface area contributed by atoms with Gasteiger partial charge in [-0.25, -0.2) is 0 Å². The van der Waals surface area contributed by atoms with Crippen molar-refractivity contribution in [2.75, 3.05) is 6.54 Å². The third kappa shape index (κ3) is 2.56. The third-order valence-corrected chi connectivity index (χ3v) is 5.11. The Morgan fingerprint density at radius 2 is 1.20 bits per heavy atom. The zero-order valence-corrected chi connectivity index (χ0v) is 14.3. The molecule has 0 unspecified atom stereocenters. The number of rotatable bonds is 3. The van der Waals surface area contributed by atoms with E-state index in [1.807, 2.05) is 13.8 Å². The molecule has 0 spiro atoms. The molecule has 25 heavy (non-hydrogen) atoms. The van der Waals surface area contributed by atoms with E-state index >= 15 is 0 Å². The van der Waals surface area contributed by atoms with Crippen molar-refractivity contribution in [3.63, 3.8) is 0 Å². The monoisotopic (exact) mass is 351 g/mol. The van der Waals surface area contributed by atoms with Gasteiger partial charge in [0.15, 0.2) is 0 Å². The van der Waals surface area contributed by atoms with Gasteiger partial charge < -0.3 is 5.73 Å². The summed E-state index contributed by atoms with van der Waals surface area (Å²) in [6.07, 6.45) is 1.27. The fraction of sp³-hybridized carbons (Fsp3) is 0.400. The Kier molecular flexibility index (Phi) is 4.40. The van der Waals surface area contributed by atoms with Gasteiger partial charge >= 0.3 is 11.8 Å². The van der Waals surface area contributed by atoms with Gasteiger partial charge in [0.1, 0.15) is 0 Å². The first-order valence-corrected chi connectivity index (χ1v) is 8.50. The van der Waals surface area contributed by atoms with Crippen molar-refractivity contribution in [3.8, 4) is 0 Å². The Balaban J connectivity index is 2.39. The summed E-state index contributed by atoms with van der Waals surface area (Å²) in [5.74, 6) is -9.26. The van der Waals surface area contributed by atoms with Crippen molar-refractivity contribution in [2.24, 2.45) is 5.73 Å². The highest BCUT2D eigenvalue weighted by molar-refractivity contribution is 5.52. The van der Waals surface area contributed by atoms with E-state index in [4.69, 9.17) is 5.73 Å². The van der Waals surface area contributed by atoms with Crippen LogP contribution < -0.4 is 5.73 Å². The molecule has 1 aliphatic carbocycles. The van der Waals surface area contributed by atoms with Gasteiger partial charge in [-0.1, -0.05) is 50.2 Å². The van der Waals surface area contributed by atoms with E-state index in [-0.39, 0.29) is 17.7 Å². The molecular formula is C20H21F4N. The molecule has 0 saturated carbocycles. The lowest BCUT2D eigenvalue weighted by molar-refractivity contribution is -0.223. The van der Waals surface area contributed by atoms with Gasteiger partial charge in [0.05, 0.1) is 0 Å². The predicted octanol–water partition coefficient (Wildman–Crippen LogP) is 5.10. The maximum Gasteiger partial charge on any atom is 0.340 e. The second kappa shape index (κ2) is 6.13. The minimum atomic E-state index is -4.29. The molecule has 3 rings (SSSR count).